The number of nitrogens with two attached hydrogens (primary N) is 1. The topological polar surface area (TPSA) is 109 Å². The van der Waals surface area contributed by atoms with E-state index < -0.39 is 23.8 Å². The van der Waals surface area contributed by atoms with Crippen molar-refractivity contribution in [1.29, 1.82) is 0 Å². The standard InChI is InChI=1S/C13H16N2O4/c14-13(19)10(8-9-4-2-1-3-5-9)15-11(16)6-7-12(17)18/h1-5,10H,6-8H2,(H2,14,19)(H,15,16)(H,17,18)/t10-/m0/s1. The number of carboxylic acid groups (broad SMARTS) is 1. The molecule has 2 amide bonds. The Morgan fingerprint density at radius 3 is 2.32 bits per heavy atom. The maximum Gasteiger partial charge on any atom is 0.303 e. The Morgan fingerprint density at radius 1 is 1.16 bits per heavy atom. The number of aliphatic carboxylic acids is 1. The SMILES string of the molecule is NC(=O)[C@H](Cc1ccccc1)NC(=O)CCC(=O)O. The Bertz CT molecular complexity index is 459. The van der Waals surface area contributed by atoms with Gasteiger partial charge in [-0.05, 0) is 5.56 Å². The van der Waals surface area contributed by atoms with Crippen LogP contribution in [0.1, 0.15) is 18.4 Å². The minimum Gasteiger partial charge on any atom is -0.481 e. The zero-order valence-electron chi connectivity index (χ0n) is 10.3. The highest BCUT2D eigenvalue weighted by Crippen LogP contribution is 2.03. The van der Waals surface area contributed by atoms with E-state index in [4.69, 9.17) is 10.8 Å². The van der Waals surface area contributed by atoms with Gasteiger partial charge in [-0.15, -0.1) is 0 Å². The molecule has 0 heterocycles. The lowest BCUT2D eigenvalue weighted by Gasteiger charge is -2.15. The van der Waals surface area contributed by atoms with Crippen molar-refractivity contribution in [2.24, 2.45) is 5.73 Å². The van der Waals surface area contributed by atoms with Gasteiger partial charge in [0.1, 0.15) is 6.04 Å². The number of carbonyl (C=O) groups is 3. The maximum absolute atomic E-state index is 11.5. The van der Waals surface area contributed by atoms with E-state index in [1.54, 1.807) is 0 Å². The Morgan fingerprint density at radius 2 is 1.79 bits per heavy atom. The van der Waals surface area contributed by atoms with Gasteiger partial charge in [-0.1, -0.05) is 30.3 Å². The number of benzene rings is 1. The van der Waals surface area contributed by atoms with Crippen molar-refractivity contribution >= 4 is 17.8 Å². The van der Waals surface area contributed by atoms with E-state index in [-0.39, 0.29) is 19.3 Å². The van der Waals surface area contributed by atoms with Crippen molar-refractivity contribution in [3.05, 3.63) is 35.9 Å². The minimum atomic E-state index is -1.06. The van der Waals surface area contributed by atoms with Gasteiger partial charge in [-0.3, -0.25) is 14.4 Å². The summed E-state index contributed by atoms with van der Waals surface area (Å²) in [4.78, 5) is 33.1. The molecule has 1 aromatic carbocycles. The van der Waals surface area contributed by atoms with Crippen LogP contribution in [0.4, 0.5) is 0 Å². The lowest BCUT2D eigenvalue weighted by atomic mass is 10.1. The second kappa shape index (κ2) is 7.15. The number of amides is 2. The summed E-state index contributed by atoms with van der Waals surface area (Å²) < 4.78 is 0. The molecule has 0 aromatic heterocycles. The average Bonchev–Trinajstić information content (AvgIpc) is 2.36. The smallest absolute Gasteiger partial charge is 0.303 e. The molecular weight excluding hydrogens is 248 g/mol. The van der Waals surface area contributed by atoms with E-state index in [1.165, 1.54) is 0 Å². The van der Waals surface area contributed by atoms with Gasteiger partial charge in [0.2, 0.25) is 11.8 Å². The first-order valence-electron chi connectivity index (χ1n) is 5.83. The summed E-state index contributed by atoms with van der Waals surface area (Å²) in [7, 11) is 0. The molecule has 0 fully saturated rings. The number of hydrogen-bond acceptors (Lipinski definition) is 3. The fourth-order valence-corrected chi connectivity index (χ4v) is 1.56. The minimum absolute atomic E-state index is 0.173. The van der Waals surface area contributed by atoms with Crippen LogP contribution in [0, 0.1) is 0 Å². The van der Waals surface area contributed by atoms with Crippen LogP contribution in [0.15, 0.2) is 30.3 Å². The normalized spacial score (nSPS) is 11.6. The molecule has 0 saturated heterocycles. The van der Waals surface area contributed by atoms with Gasteiger partial charge in [0.15, 0.2) is 0 Å². The summed E-state index contributed by atoms with van der Waals surface area (Å²) in [6.45, 7) is 0. The third-order valence-electron chi connectivity index (χ3n) is 2.53. The molecule has 0 radical (unpaired) electrons. The Hall–Kier alpha value is -2.37. The van der Waals surface area contributed by atoms with E-state index in [1.807, 2.05) is 30.3 Å². The summed E-state index contributed by atoms with van der Waals surface area (Å²) in [6.07, 6.45) is -0.161. The van der Waals surface area contributed by atoms with Crippen molar-refractivity contribution in [3.8, 4) is 0 Å². The van der Waals surface area contributed by atoms with E-state index in [0.717, 1.165) is 5.56 Å². The zero-order chi connectivity index (χ0) is 14.3. The number of hydrogen-bond donors (Lipinski definition) is 3. The molecule has 0 bridgehead atoms. The van der Waals surface area contributed by atoms with Crippen LogP contribution in [-0.4, -0.2) is 28.9 Å². The molecule has 0 unspecified atom stereocenters. The third-order valence-corrected chi connectivity index (χ3v) is 2.53. The van der Waals surface area contributed by atoms with Gasteiger partial charge < -0.3 is 16.2 Å². The molecule has 0 aliphatic carbocycles. The maximum atomic E-state index is 11.5. The quantitative estimate of drug-likeness (QED) is 0.647. The molecule has 102 valence electrons. The highest BCUT2D eigenvalue weighted by Gasteiger charge is 2.18. The van der Waals surface area contributed by atoms with E-state index >= 15 is 0 Å². The van der Waals surface area contributed by atoms with Crippen molar-refractivity contribution in [2.45, 2.75) is 25.3 Å². The lowest BCUT2D eigenvalue weighted by Crippen LogP contribution is -2.45. The molecule has 0 aliphatic rings. The number of carboxylic acids is 1. The lowest BCUT2D eigenvalue weighted by molar-refractivity contribution is -0.139. The van der Waals surface area contributed by atoms with E-state index in [2.05, 4.69) is 5.32 Å². The largest absolute Gasteiger partial charge is 0.481 e. The third kappa shape index (κ3) is 5.67. The second-order valence-electron chi connectivity index (χ2n) is 4.11. The number of carbonyl (C=O) groups excluding carboxylic acids is 2. The van der Waals surface area contributed by atoms with E-state index in [9.17, 15) is 14.4 Å². The monoisotopic (exact) mass is 264 g/mol. The van der Waals surface area contributed by atoms with Gasteiger partial charge in [-0.2, -0.15) is 0 Å². The molecule has 1 rings (SSSR count). The molecular formula is C13H16N2O4. The fraction of sp³-hybridized carbons (Fsp3) is 0.308. The number of primary amides is 1. The zero-order valence-corrected chi connectivity index (χ0v) is 10.3. The van der Waals surface area contributed by atoms with E-state index in [0.29, 0.717) is 0 Å². The average molecular weight is 264 g/mol. The van der Waals surface area contributed by atoms with Gasteiger partial charge >= 0.3 is 5.97 Å². The summed E-state index contributed by atoms with van der Waals surface area (Å²) in [5, 5.41) is 10.9. The summed E-state index contributed by atoms with van der Waals surface area (Å²) in [6, 6.07) is 8.29. The van der Waals surface area contributed by atoms with Crippen LogP contribution in [0.5, 0.6) is 0 Å². The van der Waals surface area contributed by atoms with Crippen LogP contribution >= 0.6 is 0 Å². The predicted molar refractivity (Wildman–Crippen MR) is 68.1 cm³/mol. The Balaban J connectivity index is 2.56. The van der Waals surface area contributed by atoms with Crippen LogP contribution in [0.25, 0.3) is 0 Å². The summed E-state index contributed by atoms with van der Waals surface area (Å²) in [5.41, 5.74) is 6.08. The number of rotatable bonds is 7. The summed E-state index contributed by atoms with van der Waals surface area (Å²) >= 11 is 0. The first-order valence-corrected chi connectivity index (χ1v) is 5.83. The molecule has 6 heteroatoms. The van der Waals surface area contributed by atoms with Crippen molar-refractivity contribution in [2.75, 3.05) is 0 Å². The first-order chi connectivity index (χ1) is 8.99. The van der Waals surface area contributed by atoms with Crippen molar-refractivity contribution in [1.82, 2.24) is 5.32 Å². The molecule has 6 nitrogen and oxygen atoms in total. The van der Waals surface area contributed by atoms with Crippen molar-refractivity contribution < 1.29 is 19.5 Å². The molecule has 1 aromatic rings. The fourth-order valence-electron chi connectivity index (χ4n) is 1.56. The highest BCUT2D eigenvalue weighted by atomic mass is 16.4. The Labute approximate surface area is 110 Å². The van der Waals surface area contributed by atoms with Crippen molar-refractivity contribution in [3.63, 3.8) is 0 Å². The molecule has 1 atom stereocenters. The molecule has 4 N–H and O–H groups in total. The molecule has 0 spiro atoms. The molecule has 0 saturated carbocycles. The molecule has 0 aliphatic heterocycles. The first kappa shape index (κ1) is 14.7. The van der Waals surface area contributed by atoms with Gasteiger partial charge in [0.25, 0.3) is 0 Å². The van der Waals surface area contributed by atoms with Crippen LogP contribution < -0.4 is 11.1 Å². The van der Waals surface area contributed by atoms with Gasteiger partial charge in [0, 0.05) is 12.8 Å². The van der Waals surface area contributed by atoms with Crippen LogP contribution in [0.3, 0.4) is 0 Å². The van der Waals surface area contributed by atoms with Gasteiger partial charge in [0.05, 0.1) is 6.42 Å². The number of nitrogens with one attached hydrogen (secondary N) is 1. The highest BCUT2D eigenvalue weighted by molar-refractivity contribution is 5.87. The second-order valence-corrected chi connectivity index (χ2v) is 4.11. The predicted octanol–water partition coefficient (Wildman–Crippen LogP) is 0.0640. The van der Waals surface area contributed by atoms with Gasteiger partial charge in [-0.25, -0.2) is 0 Å². The van der Waals surface area contributed by atoms with Crippen LogP contribution in [-0.2, 0) is 20.8 Å². The molecule has 19 heavy (non-hydrogen) atoms. The summed E-state index contributed by atoms with van der Waals surface area (Å²) in [5.74, 6) is -2.21. The Kier molecular flexibility index (Phi) is 5.53. The van der Waals surface area contributed by atoms with Crippen LogP contribution in [0.2, 0.25) is 0 Å².